The zero-order valence-electron chi connectivity index (χ0n) is 14.2. The summed E-state index contributed by atoms with van der Waals surface area (Å²) < 4.78 is 25.4. The lowest BCUT2D eigenvalue weighted by atomic mass is 9.84. The molecule has 1 aliphatic carbocycles. The molecule has 4 heteroatoms. The van der Waals surface area contributed by atoms with Crippen LogP contribution in [0.15, 0.2) is 53.7 Å². The summed E-state index contributed by atoms with van der Waals surface area (Å²) in [6, 6.07) is 14.6. The topological polar surface area (TPSA) is 21.6 Å². The average molecular weight is 343 g/mol. The first-order valence-corrected chi connectivity index (χ1v) is 8.84. The van der Waals surface area contributed by atoms with Crippen molar-refractivity contribution in [3.05, 3.63) is 70.8 Å². The number of nitrogens with zero attached hydrogens (tertiary/aromatic N) is 1. The van der Waals surface area contributed by atoms with E-state index in [0.29, 0.717) is 11.5 Å². The molecule has 132 valence electrons. The molecule has 0 bridgehead atoms. The van der Waals surface area contributed by atoms with Crippen LogP contribution in [0.5, 0.6) is 0 Å². The maximum Gasteiger partial charge on any atom is 0.263 e. The molecule has 0 unspecified atom stereocenters. The van der Waals surface area contributed by atoms with Gasteiger partial charge in [0, 0.05) is 5.56 Å². The normalized spacial score (nSPS) is 15.8. The first-order chi connectivity index (χ1) is 12.2. The van der Waals surface area contributed by atoms with Crippen LogP contribution in [0.3, 0.4) is 0 Å². The molecule has 1 fully saturated rings. The van der Waals surface area contributed by atoms with Crippen LogP contribution in [0.1, 0.15) is 66.7 Å². The second-order valence-electron chi connectivity index (χ2n) is 6.56. The molecule has 3 rings (SSSR count). The molecule has 2 nitrogen and oxygen atoms in total. The highest BCUT2D eigenvalue weighted by Gasteiger charge is 2.15. The van der Waals surface area contributed by atoms with Gasteiger partial charge in [-0.2, -0.15) is 0 Å². The van der Waals surface area contributed by atoms with Crippen LogP contribution < -0.4 is 0 Å². The zero-order chi connectivity index (χ0) is 17.5. The van der Waals surface area contributed by atoms with Crippen molar-refractivity contribution >= 4 is 6.21 Å². The van der Waals surface area contributed by atoms with Gasteiger partial charge in [0.1, 0.15) is 6.61 Å². The summed E-state index contributed by atoms with van der Waals surface area (Å²) in [5.74, 6) is 0.653. The smallest absolute Gasteiger partial charge is 0.263 e. The van der Waals surface area contributed by atoms with E-state index in [2.05, 4.69) is 23.4 Å². The van der Waals surface area contributed by atoms with Gasteiger partial charge in [0.05, 0.1) is 6.21 Å². The predicted molar refractivity (Wildman–Crippen MR) is 96.1 cm³/mol. The van der Waals surface area contributed by atoms with Gasteiger partial charge in [-0.3, -0.25) is 0 Å². The van der Waals surface area contributed by atoms with Gasteiger partial charge in [0.25, 0.3) is 6.43 Å². The van der Waals surface area contributed by atoms with E-state index in [1.807, 2.05) is 6.07 Å². The largest absolute Gasteiger partial charge is 0.391 e. The highest BCUT2D eigenvalue weighted by Crippen LogP contribution is 2.32. The summed E-state index contributed by atoms with van der Waals surface area (Å²) in [4.78, 5) is 5.27. The van der Waals surface area contributed by atoms with Gasteiger partial charge < -0.3 is 4.84 Å². The van der Waals surface area contributed by atoms with E-state index in [-0.39, 0.29) is 12.2 Å². The van der Waals surface area contributed by atoms with E-state index in [1.165, 1.54) is 49.8 Å². The fraction of sp³-hybridized carbons (Fsp3) is 0.381. The SMILES string of the molecule is FC(F)c1cccc(CON=Cc2cccc(C3CCCCC3)c2)c1. The molecule has 0 heterocycles. The molecule has 0 amide bonds. The molecule has 25 heavy (non-hydrogen) atoms. The van der Waals surface area contributed by atoms with Crippen molar-refractivity contribution in [2.45, 2.75) is 51.1 Å². The molecule has 0 radical (unpaired) electrons. The Hall–Kier alpha value is -2.23. The van der Waals surface area contributed by atoms with Gasteiger partial charge >= 0.3 is 0 Å². The van der Waals surface area contributed by atoms with Crippen LogP contribution >= 0.6 is 0 Å². The Morgan fingerprint density at radius 1 is 1.04 bits per heavy atom. The number of rotatable bonds is 6. The number of alkyl halides is 2. The van der Waals surface area contributed by atoms with Crippen molar-refractivity contribution in [3.8, 4) is 0 Å². The number of halogens is 2. The highest BCUT2D eigenvalue weighted by atomic mass is 19.3. The van der Waals surface area contributed by atoms with Gasteiger partial charge in [0.2, 0.25) is 0 Å². The molecule has 2 aromatic carbocycles. The maximum atomic E-state index is 12.7. The van der Waals surface area contributed by atoms with Gasteiger partial charge in [-0.15, -0.1) is 0 Å². The standard InChI is InChI=1S/C21H23F2NO/c22-21(23)20-11-5-7-17(13-20)15-25-24-14-16-6-4-10-19(12-16)18-8-2-1-3-9-18/h4-7,10-14,18,21H,1-3,8-9,15H2. The molecule has 1 aliphatic rings. The number of hydrogen-bond donors (Lipinski definition) is 0. The molecule has 0 aliphatic heterocycles. The lowest BCUT2D eigenvalue weighted by molar-refractivity contribution is 0.130. The third kappa shape index (κ3) is 5.12. The predicted octanol–water partition coefficient (Wildman–Crippen LogP) is 6.22. The monoisotopic (exact) mass is 343 g/mol. The van der Waals surface area contributed by atoms with Crippen molar-refractivity contribution < 1.29 is 13.6 Å². The van der Waals surface area contributed by atoms with Gasteiger partial charge in [-0.1, -0.05) is 60.8 Å². The summed E-state index contributed by atoms with van der Waals surface area (Å²) in [5, 5.41) is 3.99. The van der Waals surface area contributed by atoms with E-state index in [1.54, 1.807) is 18.3 Å². The van der Waals surface area contributed by atoms with Gasteiger partial charge in [-0.05, 0) is 47.6 Å². The minimum absolute atomic E-state index is 0.00487. The number of oxime groups is 1. The fourth-order valence-electron chi connectivity index (χ4n) is 3.36. The lowest BCUT2D eigenvalue weighted by Gasteiger charge is -2.22. The first-order valence-electron chi connectivity index (χ1n) is 8.84. The second kappa shape index (κ2) is 8.75. The molecule has 1 saturated carbocycles. The minimum Gasteiger partial charge on any atom is -0.391 e. The summed E-state index contributed by atoms with van der Waals surface area (Å²) in [6.45, 7) is 0.180. The van der Waals surface area contributed by atoms with Crippen LogP contribution in [0.25, 0.3) is 0 Å². The average Bonchev–Trinajstić information content (AvgIpc) is 2.66. The van der Waals surface area contributed by atoms with Crippen molar-refractivity contribution in [1.82, 2.24) is 0 Å². The molecule has 0 saturated heterocycles. The molecule has 2 aromatic rings. The number of benzene rings is 2. The third-order valence-corrected chi connectivity index (χ3v) is 4.70. The summed E-state index contributed by atoms with van der Waals surface area (Å²) in [7, 11) is 0. The molecule has 0 atom stereocenters. The lowest BCUT2D eigenvalue weighted by Crippen LogP contribution is -2.04. The van der Waals surface area contributed by atoms with Crippen molar-refractivity contribution in [3.63, 3.8) is 0 Å². The molecular weight excluding hydrogens is 320 g/mol. The molecular formula is C21H23F2NO. The molecule has 0 spiro atoms. The Balaban J connectivity index is 1.56. The van der Waals surface area contributed by atoms with Crippen molar-refractivity contribution in [2.24, 2.45) is 5.16 Å². The van der Waals surface area contributed by atoms with Crippen LogP contribution in [0, 0.1) is 0 Å². The Labute approximate surface area is 147 Å². The second-order valence-corrected chi connectivity index (χ2v) is 6.56. The maximum absolute atomic E-state index is 12.7. The van der Waals surface area contributed by atoms with E-state index in [0.717, 1.165) is 5.56 Å². The third-order valence-electron chi connectivity index (χ3n) is 4.70. The number of hydrogen-bond acceptors (Lipinski definition) is 2. The molecule has 0 N–H and O–H groups in total. The molecule has 0 aromatic heterocycles. The van der Waals surface area contributed by atoms with E-state index >= 15 is 0 Å². The van der Waals surface area contributed by atoms with Crippen molar-refractivity contribution in [1.29, 1.82) is 0 Å². The Kier molecular flexibility index (Phi) is 6.15. The Bertz CT molecular complexity index is 709. The summed E-state index contributed by atoms with van der Waals surface area (Å²) in [5.41, 5.74) is 3.06. The Morgan fingerprint density at radius 2 is 1.84 bits per heavy atom. The van der Waals surface area contributed by atoms with Gasteiger partial charge in [0.15, 0.2) is 0 Å². The van der Waals surface area contributed by atoms with E-state index in [4.69, 9.17) is 4.84 Å². The highest BCUT2D eigenvalue weighted by molar-refractivity contribution is 5.79. The minimum atomic E-state index is -2.47. The van der Waals surface area contributed by atoms with Gasteiger partial charge in [-0.25, -0.2) is 8.78 Å². The summed E-state index contributed by atoms with van der Waals surface area (Å²) in [6.07, 6.45) is 5.70. The summed E-state index contributed by atoms with van der Waals surface area (Å²) >= 11 is 0. The van der Waals surface area contributed by atoms with Crippen molar-refractivity contribution in [2.75, 3.05) is 0 Å². The van der Waals surface area contributed by atoms with Crippen LogP contribution in [-0.2, 0) is 11.4 Å². The van der Waals surface area contributed by atoms with Crippen LogP contribution in [0.4, 0.5) is 8.78 Å². The first kappa shape index (κ1) is 17.6. The van der Waals surface area contributed by atoms with E-state index < -0.39 is 6.43 Å². The fourth-order valence-corrected chi connectivity index (χ4v) is 3.36. The zero-order valence-corrected chi connectivity index (χ0v) is 14.2. The Morgan fingerprint density at radius 3 is 2.64 bits per heavy atom. The quantitative estimate of drug-likeness (QED) is 0.450. The van der Waals surface area contributed by atoms with Crippen LogP contribution in [-0.4, -0.2) is 6.21 Å². The van der Waals surface area contributed by atoms with Crippen LogP contribution in [0.2, 0.25) is 0 Å². The van der Waals surface area contributed by atoms with E-state index in [9.17, 15) is 8.78 Å².